The van der Waals surface area contributed by atoms with E-state index in [1.54, 1.807) is 24.3 Å². The Morgan fingerprint density at radius 3 is 2.50 bits per heavy atom. The number of rotatable bonds is 7. The van der Waals surface area contributed by atoms with Crippen molar-refractivity contribution in [2.24, 2.45) is 5.41 Å². The lowest BCUT2D eigenvalue weighted by atomic mass is 9.72. The highest BCUT2D eigenvalue weighted by Crippen LogP contribution is 2.40. The molecule has 0 fully saturated rings. The Bertz CT molecular complexity index is 1000. The molecule has 0 atom stereocenters. The van der Waals surface area contributed by atoms with E-state index in [1.807, 2.05) is 25.2 Å². The van der Waals surface area contributed by atoms with E-state index < -0.39 is 5.97 Å². The Balaban J connectivity index is 2.02. The third-order valence-corrected chi connectivity index (χ3v) is 5.72. The minimum atomic E-state index is -0.488. The van der Waals surface area contributed by atoms with Gasteiger partial charge in [0.25, 0.3) is 0 Å². The van der Waals surface area contributed by atoms with Crippen molar-refractivity contribution in [2.45, 2.75) is 53.9 Å². The van der Waals surface area contributed by atoms with Gasteiger partial charge in [0.1, 0.15) is 0 Å². The van der Waals surface area contributed by atoms with Crippen LogP contribution in [0.2, 0.25) is 0 Å². The van der Waals surface area contributed by atoms with E-state index in [0.29, 0.717) is 11.3 Å². The number of hydrogen-bond acceptors (Lipinski definition) is 3. The molecular weight excluding hydrogens is 398 g/mol. The van der Waals surface area contributed by atoms with Crippen molar-refractivity contribution in [3.8, 4) is 0 Å². The highest BCUT2D eigenvalue weighted by atomic mass is 16.5. The van der Waals surface area contributed by atoms with E-state index in [9.17, 15) is 9.59 Å². The number of anilines is 1. The number of nitrogens with one attached hydrogen (secondary N) is 1. The molecule has 4 nitrogen and oxygen atoms in total. The van der Waals surface area contributed by atoms with Crippen molar-refractivity contribution < 1.29 is 14.3 Å². The van der Waals surface area contributed by atoms with Crippen molar-refractivity contribution in [3.63, 3.8) is 0 Å². The third-order valence-electron chi connectivity index (χ3n) is 5.72. The standard InChI is InChI=1S/C28H35NO3/c1-20(16-17-24-22(3)13-10-18-28(24,4)5)11-9-12-21(2)19-26(30)29-25-15-8-7-14-23(25)27(31)32-6/h7-9,11-12,14-17,19H,10,13,18H2,1-6H3,(H,29,30)/b12-9+,17-16+,20-11+,21-19-. The second kappa shape index (κ2) is 11.5. The highest BCUT2D eigenvalue weighted by Gasteiger charge is 2.26. The molecule has 0 saturated heterocycles. The van der Waals surface area contributed by atoms with Crippen LogP contribution in [0.15, 0.2) is 83.0 Å². The first-order valence-electron chi connectivity index (χ1n) is 11.0. The van der Waals surface area contributed by atoms with E-state index in [0.717, 1.165) is 11.1 Å². The van der Waals surface area contributed by atoms with Crippen LogP contribution in [0.5, 0.6) is 0 Å². The lowest BCUT2D eigenvalue weighted by molar-refractivity contribution is -0.111. The molecule has 1 aromatic carbocycles. The molecule has 0 saturated carbocycles. The maximum Gasteiger partial charge on any atom is 0.339 e. The Labute approximate surface area is 192 Å². The Morgan fingerprint density at radius 1 is 1.09 bits per heavy atom. The smallest absolute Gasteiger partial charge is 0.339 e. The summed E-state index contributed by atoms with van der Waals surface area (Å²) in [5, 5.41) is 2.74. The summed E-state index contributed by atoms with van der Waals surface area (Å²) in [4.78, 5) is 24.2. The molecule has 0 unspecified atom stereocenters. The third kappa shape index (κ3) is 7.23. The zero-order chi connectivity index (χ0) is 23.7. The summed E-state index contributed by atoms with van der Waals surface area (Å²) < 4.78 is 4.76. The molecule has 32 heavy (non-hydrogen) atoms. The molecule has 1 amide bonds. The Morgan fingerprint density at radius 2 is 1.81 bits per heavy atom. The van der Waals surface area contributed by atoms with Crippen LogP contribution in [0.1, 0.15) is 64.2 Å². The van der Waals surface area contributed by atoms with Gasteiger partial charge >= 0.3 is 5.97 Å². The quantitative estimate of drug-likeness (QED) is 0.288. The maximum atomic E-state index is 12.3. The molecule has 1 aliphatic carbocycles. The minimum absolute atomic E-state index is 0.230. The predicted molar refractivity (Wildman–Crippen MR) is 133 cm³/mol. The van der Waals surface area contributed by atoms with Gasteiger partial charge in [0.2, 0.25) is 5.91 Å². The summed E-state index contributed by atoms with van der Waals surface area (Å²) in [6.07, 6.45) is 15.4. The van der Waals surface area contributed by atoms with Crippen molar-refractivity contribution in [1.82, 2.24) is 0 Å². The van der Waals surface area contributed by atoms with Crippen LogP contribution in [0.4, 0.5) is 5.69 Å². The number of carbonyl (C=O) groups excluding carboxylic acids is 2. The number of carbonyl (C=O) groups is 2. The van der Waals surface area contributed by atoms with E-state index >= 15 is 0 Å². The second-order valence-electron chi connectivity index (χ2n) is 8.95. The topological polar surface area (TPSA) is 55.4 Å². The van der Waals surface area contributed by atoms with E-state index in [2.05, 4.69) is 45.2 Å². The zero-order valence-electron chi connectivity index (χ0n) is 20.1. The maximum absolute atomic E-state index is 12.3. The first kappa shape index (κ1) is 25.1. The SMILES string of the molecule is COC(=O)c1ccccc1NC(=O)\C=C(C)/C=C/C=C(C)/C=C/C1=C(C)CCCC1(C)C. The molecular formula is C28H35NO3. The molecule has 1 aliphatic rings. The van der Waals surface area contributed by atoms with E-state index in [-0.39, 0.29) is 11.3 Å². The average molecular weight is 434 g/mol. The van der Waals surface area contributed by atoms with Gasteiger partial charge in [-0.05, 0) is 68.7 Å². The summed E-state index contributed by atoms with van der Waals surface area (Å²) >= 11 is 0. The molecule has 0 radical (unpaired) electrons. The van der Waals surface area contributed by atoms with Crippen LogP contribution < -0.4 is 5.32 Å². The predicted octanol–water partition coefficient (Wildman–Crippen LogP) is 6.94. The van der Waals surface area contributed by atoms with Gasteiger partial charge in [-0.3, -0.25) is 4.79 Å². The van der Waals surface area contributed by atoms with Crippen LogP contribution in [0, 0.1) is 5.41 Å². The van der Waals surface area contributed by atoms with Crippen molar-refractivity contribution >= 4 is 17.6 Å². The van der Waals surface area contributed by atoms with Gasteiger partial charge in [0, 0.05) is 6.08 Å². The summed E-state index contributed by atoms with van der Waals surface area (Å²) in [6, 6.07) is 6.77. The van der Waals surface area contributed by atoms with Crippen LogP contribution in [-0.4, -0.2) is 19.0 Å². The summed E-state index contributed by atoms with van der Waals surface area (Å²) in [5.41, 5.74) is 5.86. The molecule has 2 rings (SSSR count). The van der Waals surface area contributed by atoms with Gasteiger partial charge in [0.15, 0.2) is 0 Å². The fraction of sp³-hybridized carbons (Fsp3) is 0.357. The molecule has 0 heterocycles. The Hall–Kier alpha value is -3.14. The monoisotopic (exact) mass is 433 g/mol. The minimum Gasteiger partial charge on any atom is -0.465 e. The summed E-state index contributed by atoms with van der Waals surface area (Å²) in [6.45, 7) is 10.8. The van der Waals surface area contributed by atoms with Gasteiger partial charge in [0.05, 0.1) is 18.4 Å². The lowest BCUT2D eigenvalue weighted by Crippen LogP contribution is -2.19. The lowest BCUT2D eigenvalue weighted by Gasteiger charge is -2.32. The van der Waals surface area contributed by atoms with Gasteiger partial charge in [-0.25, -0.2) is 4.79 Å². The number of amides is 1. The van der Waals surface area contributed by atoms with Crippen molar-refractivity contribution in [3.05, 3.63) is 88.6 Å². The first-order valence-corrected chi connectivity index (χ1v) is 11.0. The molecule has 170 valence electrons. The van der Waals surface area contributed by atoms with E-state index in [4.69, 9.17) is 4.74 Å². The van der Waals surface area contributed by atoms with Crippen LogP contribution in [0.25, 0.3) is 0 Å². The normalized spacial score (nSPS) is 17.2. The number of esters is 1. The van der Waals surface area contributed by atoms with E-state index in [1.165, 1.54) is 43.6 Å². The molecule has 0 bridgehead atoms. The number of para-hydroxylation sites is 1. The molecule has 1 N–H and O–H groups in total. The van der Waals surface area contributed by atoms with Gasteiger partial charge < -0.3 is 10.1 Å². The fourth-order valence-electron chi connectivity index (χ4n) is 3.94. The van der Waals surface area contributed by atoms with Crippen molar-refractivity contribution in [1.29, 1.82) is 0 Å². The van der Waals surface area contributed by atoms with Crippen molar-refractivity contribution in [2.75, 3.05) is 12.4 Å². The fourth-order valence-corrected chi connectivity index (χ4v) is 3.94. The first-order chi connectivity index (χ1) is 15.1. The number of methoxy groups -OCH3 is 1. The molecule has 0 aliphatic heterocycles. The van der Waals surface area contributed by atoms with Gasteiger partial charge in [-0.15, -0.1) is 0 Å². The highest BCUT2D eigenvalue weighted by molar-refractivity contribution is 6.05. The summed E-state index contributed by atoms with van der Waals surface area (Å²) in [5.74, 6) is -0.788. The molecule has 0 spiro atoms. The molecule has 0 aromatic heterocycles. The molecule has 4 heteroatoms. The number of ether oxygens (including phenoxy) is 1. The number of allylic oxidation sites excluding steroid dienone is 9. The summed E-state index contributed by atoms with van der Waals surface area (Å²) in [7, 11) is 1.31. The molecule has 1 aromatic rings. The second-order valence-corrected chi connectivity index (χ2v) is 8.95. The zero-order valence-corrected chi connectivity index (χ0v) is 20.1. The Kier molecular flexibility index (Phi) is 9.01. The number of benzene rings is 1. The average Bonchev–Trinajstić information content (AvgIpc) is 2.72. The van der Waals surface area contributed by atoms with Gasteiger partial charge in [-0.2, -0.15) is 0 Å². The van der Waals surface area contributed by atoms with Gasteiger partial charge in [-0.1, -0.05) is 67.5 Å². The van der Waals surface area contributed by atoms with Crippen LogP contribution in [0.3, 0.4) is 0 Å². The number of hydrogen-bond donors (Lipinski definition) is 1. The van der Waals surface area contributed by atoms with Crippen LogP contribution in [-0.2, 0) is 9.53 Å². The van der Waals surface area contributed by atoms with Crippen LogP contribution >= 0.6 is 0 Å². The largest absolute Gasteiger partial charge is 0.465 e.